The molecule has 7 nitrogen and oxygen atoms in total. The summed E-state index contributed by atoms with van der Waals surface area (Å²) < 4.78 is 4.61. The van der Waals surface area contributed by atoms with Crippen molar-refractivity contribution in [1.82, 2.24) is 25.2 Å². The second kappa shape index (κ2) is 5.35. The van der Waals surface area contributed by atoms with Crippen LogP contribution in [-0.4, -0.2) is 37.6 Å². The minimum absolute atomic E-state index is 0.187. The summed E-state index contributed by atoms with van der Waals surface area (Å²) in [6, 6.07) is 0. The van der Waals surface area contributed by atoms with Crippen LogP contribution in [0.3, 0.4) is 0 Å². The summed E-state index contributed by atoms with van der Waals surface area (Å²) in [6.45, 7) is 4.56. The molecule has 0 saturated heterocycles. The molecule has 2 aromatic heterocycles. The molecule has 0 aliphatic carbocycles. The molecule has 7 heteroatoms. The third-order valence-corrected chi connectivity index (χ3v) is 2.54. The van der Waals surface area contributed by atoms with Gasteiger partial charge < -0.3 is 4.90 Å². The van der Waals surface area contributed by atoms with Crippen molar-refractivity contribution in [3.8, 4) is 0 Å². The van der Waals surface area contributed by atoms with E-state index in [2.05, 4.69) is 24.9 Å². The first-order valence-corrected chi connectivity index (χ1v) is 5.55. The molecule has 18 heavy (non-hydrogen) atoms. The van der Waals surface area contributed by atoms with Crippen LogP contribution in [0.2, 0.25) is 0 Å². The lowest BCUT2D eigenvalue weighted by atomic mass is 10.3. The molecule has 0 bridgehead atoms. The van der Waals surface area contributed by atoms with Crippen LogP contribution in [-0.2, 0) is 6.54 Å². The van der Waals surface area contributed by atoms with Gasteiger partial charge in [0.2, 0.25) is 0 Å². The van der Waals surface area contributed by atoms with E-state index in [1.165, 1.54) is 18.6 Å². The molecule has 2 aromatic rings. The molecule has 0 aromatic carbocycles. The van der Waals surface area contributed by atoms with Gasteiger partial charge in [-0.15, -0.1) is 0 Å². The van der Waals surface area contributed by atoms with E-state index in [1.54, 1.807) is 11.8 Å². The Balaban J connectivity index is 2.15. The van der Waals surface area contributed by atoms with Gasteiger partial charge in [0.05, 0.1) is 12.7 Å². The molecule has 0 aliphatic heterocycles. The first-order chi connectivity index (χ1) is 8.72. The fourth-order valence-electron chi connectivity index (χ4n) is 1.47. The Morgan fingerprint density at radius 1 is 1.39 bits per heavy atom. The first kappa shape index (κ1) is 12.2. The van der Waals surface area contributed by atoms with E-state index in [4.69, 9.17) is 0 Å². The fourth-order valence-corrected chi connectivity index (χ4v) is 1.47. The molecule has 0 spiro atoms. The van der Waals surface area contributed by atoms with Gasteiger partial charge in [-0.3, -0.25) is 9.78 Å². The molecule has 0 N–H and O–H groups in total. The third kappa shape index (κ3) is 2.50. The summed E-state index contributed by atoms with van der Waals surface area (Å²) in [5.41, 5.74) is 1.64. The fraction of sp³-hybridized carbons (Fsp3) is 0.364. The SMILES string of the molecule is CCN(Cc1nonc1C)C(=O)c1cnccn1. The van der Waals surface area contributed by atoms with E-state index < -0.39 is 0 Å². The summed E-state index contributed by atoms with van der Waals surface area (Å²) in [5, 5.41) is 7.45. The highest BCUT2D eigenvalue weighted by Crippen LogP contribution is 2.08. The highest BCUT2D eigenvalue weighted by molar-refractivity contribution is 5.91. The molecule has 2 heterocycles. The van der Waals surface area contributed by atoms with E-state index in [9.17, 15) is 4.79 Å². The number of amides is 1. The monoisotopic (exact) mass is 247 g/mol. The minimum Gasteiger partial charge on any atom is -0.331 e. The highest BCUT2D eigenvalue weighted by Gasteiger charge is 2.18. The van der Waals surface area contributed by atoms with Crippen molar-refractivity contribution < 1.29 is 9.42 Å². The standard InChI is InChI=1S/C11H13N5O2/c1-3-16(7-10-8(2)14-18-15-10)11(17)9-6-12-4-5-13-9/h4-6H,3,7H2,1-2H3. The molecule has 94 valence electrons. The third-order valence-electron chi connectivity index (χ3n) is 2.54. The second-order valence-electron chi connectivity index (χ2n) is 3.71. The largest absolute Gasteiger partial charge is 0.331 e. The van der Waals surface area contributed by atoms with Crippen LogP contribution in [0.4, 0.5) is 0 Å². The van der Waals surface area contributed by atoms with Gasteiger partial charge >= 0.3 is 0 Å². The Bertz CT molecular complexity index is 525. The number of carbonyl (C=O) groups excluding carboxylic acids is 1. The normalized spacial score (nSPS) is 10.3. The van der Waals surface area contributed by atoms with Crippen LogP contribution in [0.15, 0.2) is 23.2 Å². The van der Waals surface area contributed by atoms with Crippen molar-refractivity contribution in [1.29, 1.82) is 0 Å². The molecule has 0 atom stereocenters. The molecular formula is C11H13N5O2. The lowest BCUT2D eigenvalue weighted by Crippen LogP contribution is -2.31. The van der Waals surface area contributed by atoms with Crippen molar-refractivity contribution >= 4 is 5.91 Å². The zero-order valence-electron chi connectivity index (χ0n) is 10.2. The molecule has 0 fully saturated rings. The minimum atomic E-state index is -0.187. The van der Waals surface area contributed by atoms with Crippen molar-refractivity contribution in [2.75, 3.05) is 6.54 Å². The number of hydrogen-bond acceptors (Lipinski definition) is 6. The van der Waals surface area contributed by atoms with E-state index in [1.807, 2.05) is 6.92 Å². The summed E-state index contributed by atoms with van der Waals surface area (Å²) >= 11 is 0. The van der Waals surface area contributed by atoms with Crippen molar-refractivity contribution in [3.63, 3.8) is 0 Å². The quantitative estimate of drug-likeness (QED) is 0.795. The van der Waals surface area contributed by atoms with Crippen LogP contribution in [0.5, 0.6) is 0 Å². The Labute approximate surface area is 104 Å². The van der Waals surface area contributed by atoms with Crippen molar-refractivity contribution in [3.05, 3.63) is 35.7 Å². The van der Waals surface area contributed by atoms with Crippen LogP contribution in [0.25, 0.3) is 0 Å². The van der Waals surface area contributed by atoms with Crippen LogP contribution >= 0.6 is 0 Å². The summed E-state index contributed by atoms with van der Waals surface area (Å²) in [7, 11) is 0. The lowest BCUT2D eigenvalue weighted by Gasteiger charge is -2.18. The first-order valence-electron chi connectivity index (χ1n) is 5.55. The zero-order valence-corrected chi connectivity index (χ0v) is 10.2. The van der Waals surface area contributed by atoms with Gasteiger partial charge in [-0.2, -0.15) is 0 Å². The van der Waals surface area contributed by atoms with Crippen LogP contribution < -0.4 is 0 Å². The molecule has 0 aliphatic rings. The average Bonchev–Trinajstić information content (AvgIpc) is 2.81. The van der Waals surface area contributed by atoms with Crippen molar-refractivity contribution in [2.45, 2.75) is 20.4 Å². The predicted octanol–water partition coefficient (Wildman–Crippen LogP) is 0.830. The molecule has 1 amide bonds. The van der Waals surface area contributed by atoms with Gasteiger partial charge in [0, 0.05) is 18.9 Å². The van der Waals surface area contributed by atoms with Crippen molar-refractivity contribution in [2.24, 2.45) is 0 Å². The van der Waals surface area contributed by atoms with Gasteiger partial charge in [-0.25, -0.2) is 9.61 Å². The summed E-state index contributed by atoms with van der Waals surface area (Å²) in [4.78, 5) is 21.6. The summed E-state index contributed by atoms with van der Waals surface area (Å²) in [6.07, 6.45) is 4.46. The number of hydrogen-bond donors (Lipinski definition) is 0. The van der Waals surface area contributed by atoms with Gasteiger partial charge in [0.1, 0.15) is 17.1 Å². The molecule has 0 unspecified atom stereocenters. The predicted molar refractivity (Wildman–Crippen MR) is 61.5 cm³/mol. The molecular weight excluding hydrogens is 234 g/mol. The number of aromatic nitrogens is 4. The summed E-state index contributed by atoms with van der Waals surface area (Å²) in [5.74, 6) is -0.187. The van der Waals surface area contributed by atoms with E-state index in [0.717, 1.165) is 0 Å². The topological polar surface area (TPSA) is 85.0 Å². The Morgan fingerprint density at radius 3 is 2.78 bits per heavy atom. The molecule has 2 rings (SSSR count). The maximum absolute atomic E-state index is 12.2. The van der Waals surface area contributed by atoms with E-state index >= 15 is 0 Å². The van der Waals surface area contributed by atoms with Gasteiger partial charge in [0.15, 0.2) is 0 Å². The average molecular weight is 247 g/mol. The van der Waals surface area contributed by atoms with E-state index in [0.29, 0.717) is 30.2 Å². The number of carbonyl (C=O) groups is 1. The van der Waals surface area contributed by atoms with Gasteiger partial charge in [-0.05, 0) is 13.8 Å². The number of aryl methyl sites for hydroxylation is 1. The Morgan fingerprint density at radius 2 is 2.22 bits per heavy atom. The smallest absolute Gasteiger partial charge is 0.274 e. The maximum Gasteiger partial charge on any atom is 0.274 e. The van der Waals surface area contributed by atoms with Crippen LogP contribution in [0, 0.1) is 6.92 Å². The van der Waals surface area contributed by atoms with Crippen LogP contribution in [0.1, 0.15) is 28.8 Å². The Hall–Kier alpha value is -2.31. The molecule has 0 radical (unpaired) electrons. The number of rotatable bonds is 4. The zero-order chi connectivity index (χ0) is 13.0. The number of nitrogens with zero attached hydrogens (tertiary/aromatic N) is 5. The molecule has 0 saturated carbocycles. The van der Waals surface area contributed by atoms with E-state index in [-0.39, 0.29) is 5.91 Å². The maximum atomic E-state index is 12.2. The highest BCUT2D eigenvalue weighted by atomic mass is 16.6. The second-order valence-corrected chi connectivity index (χ2v) is 3.71. The lowest BCUT2D eigenvalue weighted by molar-refractivity contribution is 0.0742. The Kier molecular flexibility index (Phi) is 3.61. The van der Waals surface area contributed by atoms with Gasteiger partial charge in [-0.1, -0.05) is 10.3 Å². The van der Waals surface area contributed by atoms with Gasteiger partial charge in [0.25, 0.3) is 5.91 Å².